The summed E-state index contributed by atoms with van der Waals surface area (Å²) in [5.74, 6) is 1.55. The van der Waals surface area contributed by atoms with Gasteiger partial charge in [-0.05, 0) is 41.8 Å². The van der Waals surface area contributed by atoms with E-state index in [0.717, 1.165) is 35.6 Å². The van der Waals surface area contributed by atoms with Crippen LogP contribution in [0.25, 0.3) is 0 Å². The molecule has 5 nitrogen and oxygen atoms in total. The number of nitrogens with zero attached hydrogens (tertiary/aromatic N) is 2. The Bertz CT molecular complexity index is 818. The SMILES string of the molecule is COCCCN(CC(=O)N1CCS[C@H]1c1ccc(OC)cc1)Cc1cccc(F)c1. The minimum absolute atomic E-state index is 0.0124. The molecule has 0 N–H and O–H groups in total. The van der Waals surface area contributed by atoms with E-state index >= 15 is 0 Å². The topological polar surface area (TPSA) is 42.0 Å². The van der Waals surface area contributed by atoms with Crippen molar-refractivity contribution in [2.75, 3.05) is 46.2 Å². The number of rotatable bonds is 10. The first-order valence-electron chi connectivity index (χ1n) is 10.1. The van der Waals surface area contributed by atoms with Gasteiger partial charge in [0.2, 0.25) is 5.91 Å². The number of ether oxygens (including phenoxy) is 2. The Kier molecular flexibility index (Phi) is 8.54. The van der Waals surface area contributed by atoms with Crippen LogP contribution >= 0.6 is 11.8 Å². The van der Waals surface area contributed by atoms with Crippen LogP contribution in [0.5, 0.6) is 5.75 Å². The molecule has 1 heterocycles. The van der Waals surface area contributed by atoms with Crippen molar-refractivity contribution in [2.24, 2.45) is 0 Å². The number of carbonyl (C=O) groups is 1. The number of hydrogen-bond donors (Lipinski definition) is 0. The summed E-state index contributed by atoms with van der Waals surface area (Å²) in [4.78, 5) is 17.2. The van der Waals surface area contributed by atoms with Gasteiger partial charge in [-0.3, -0.25) is 9.69 Å². The van der Waals surface area contributed by atoms with E-state index in [4.69, 9.17) is 9.47 Å². The van der Waals surface area contributed by atoms with Crippen molar-refractivity contribution in [1.29, 1.82) is 0 Å². The van der Waals surface area contributed by atoms with Crippen LogP contribution in [0.2, 0.25) is 0 Å². The van der Waals surface area contributed by atoms with Crippen LogP contribution in [0, 0.1) is 5.82 Å². The lowest BCUT2D eigenvalue weighted by Gasteiger charge is -2.28. The first kappa shape index (κ1) is 22.6. The molecular formula is C23H29FN2O3S. The summed E-state index contributed by atoms with van der Waals surface area (Å²) in [5.41, 5.74) is 1.96. The van der Waals surface area contributed by atoms with Crippen molar-refractivity contribution in [3.8, 4) is 5.75 Å². The third-order valence-corrected chi connectivity index (χ3v) is 6.35. The van der Waals surface area contributed by atoms with Crippen LogP contribution in [0.4, 0.5) is 4.39 Å². The summed E-state index contributed by atoms with van der Waals surface area (Å²) in [6.45, 7) is 2.90. The first-order chi connectivity index (χ1) is 14.6. The maximum Gasteiger partial charge on any atom is 0.237 e. The number of thioether (sulfide) groups is 1. The average molecular weight is 433 g/mol. The lowest BCUT2D eigenvalue weighted by atomic mass is 10.2. The van der Waals surface area contributed by atoms with E-state index in [0.29, 0.717) is 26.2 Å². The summed E-state index contributed by atoms with van der Waals surface area (Å²) < 4.78 is 24.0. The second-order valence-corrected chi connectivity index (χ2v) is 8.46. The zero-order valence-corrected chi connectivity index (χ0v) is 18.4. The third kappa shape index (κ3) is 6.20. The van der Waals surface area contributed by atoms with Gasteiger partial charge in [0.25, 0.3) is 0 Å². The van der Waals surface area contributed by atoms with Crippen LogP contribution in [0.3, 0.4) is 0 Å². The Morgan fingerprint density at radius 3 is 2.73 bits per heavy atom. The smallest absolute Gasteiger partial charge is 0.237 e. The van der Waals surface area contributed by atoms with E-state index in [1.54, 1.807) is 32.0 Å². The Morgan fingerprint density at radius 1 is 1.23 bits per heavy atom. The molecule has 3 rings (SSSR count). The van der Waals surface area contributed by atoms with Gasteiger partial charge in [0.15, 0.2) is 0 Å². The highest BCUT2D eigenvalue weighted by atomic mass is 32.2. The molecule has 30 heavy (non-hydrogen) atoms. The largest absolute Gasteiger partial charge is 0.497 e. The molecule has 1 aliphatic rings. The van der Waals surface area contributed by atoms with Crippen LogP contribution in [-0.4, -0.2) is 61.9 Å². The van der Waals surface area contributed by atoms with E-state index in [1.165, 1.54) is 12.1 Å². The molecule has 2 aromatic carbocycles. The molecule has 0 saturated carbocycles. The van der Waals surface area contributed by atoms with E-state index in [-0.39, 0.29) is 17.1 Å². The molecule has 0 spiro atoms. The van der Waals surface area contributed by atoms with Gasteiger partial charge < -0.3 is 14.4 Å². The highest BCUT2D eigenvalue weighted by Crippen LogP contribution is 2.38. The average Bonchev–Trinajstić information content (AvgIpc) is 3.24. The Hall–Kier alpha value is -2.09. The van der Waals surface area contributed by atoms with Gasteiger partial charge in [-0.1, -0.05) is 24.3 Å². The van der Waals surface area contributed by atoms with Crippen molar-refractivity contribution in [2.45, 2.75) is 18.3 Å². The Labute approximate surface area is 182 Å². The van der Waals surface area contributed by atoms with Crippen LogP contribution in [0.1, 0.15) is 22.9 Å². The number of amides is 1. The molecule has 0 radical (unpaired) electrons. The molecule has 1 fully saturated rings. The van der Waals surface area contributed by atoms with Gasteiger partial charge in [-0.15, -0.1) is 11.8 Å². The van der Waals surface area contributed by atoms with Gasteiger partial charge in [0, 0.05) is 39.1 Å². The maximum atomic E-state index is 13.6. The fraction of sp³-hybridized carbons (Fsp3) is 0.435. The van der Waals surface area contributed by atoms with Gasteiger partial charge in [0.1, 0.15) is 16.9 Å². The molecule has 2 aromatic rings. The zero-order valence-electron chi connectivity index (χ0n) is 17.6. The molecule has 1 saturated heterocycles. The van der Waals surface area contributed by atoms with E-state index in [2.05, 4.69) is 4.90 Å². The summed E-state index contributed by atoms with van der Waals surface area (Å²) in [5, 5.41) is 0.0124. The second-order valence-electron chi connectivity index (χ2n) is 7.27. The van der Waals surface area contributed by atoms with Crippen molar-refractivity contribution in [3.05, 3.63) is 65.5 Å². The molecule has 1 amide bonds. The summed E-state index contributed by atoms with van der Waals surface area (Å²) in [7, 11) is 3.31. The molecular weight excluding hydrogens is 403 g/mol. The Balaban J connectivity index is 1.67. The van der Waals surface area contributed by atoms with Crippen molar-refractivity contribution in [1.82, 2.24) is 9.80 Å². The van der Waals surface area contributed by atoms with Gasteiger partial charge >= 0.3 is 0 Å². The normalized spacial score (nSPS) is 16.3. The number of benzene rings is 2. The standard InChI is InChI=1S/C23H29FN2O3S/c1-28-13-4-11-25(16-18-5-3-6-20(24)15-18)17-22(27)26-12-14-30-23(26)19-7-9-21(29-2)10-8-19/h3,5-10,15,23H,4,11-14,16-17H2,1-2H3/t23-/m0/s1. The molecule has 0 aliphatic carbocycles. The van der Waals surface area contributed by atoms with Gasteiger partial charge in [-0.25, -0.2) is 4.39 Å². The summed E-state index contributed by atoms with van der Waals surface area (Å²) in [6.07, 6.45) is 0.815. The molecule has 7 heteroatoms. The molecule has 0 unspecified atom stereocenters. The molecule has 1 atom stereocenters. The quantitative estimate of drug-likeness (QED) is 0.532. The van der Waals surface area contributed by atoms with Gasteiger partial charge in [-0.2, -0.15) is 0 Å². The zero-order chi connectivity index (χ0) is 21.3. The van der Waals surface area contributed by atoms with E-state index in [9.17, 15) is 9.18 Å². The van der Waals surface area contributed by atoms with Crippen LogP contribution in [-0.2, 0) is 16.1 Å². The molecule has 0 bridgehead atoms. The predicted octanol–water partition coefficient (Wildman–Crippen LogP) is 3.95. The summed E-state index contributed by atoms with van der Waals surface area (Å²) >= 11 is 1.78. The number of halogens is 1. The molecule has 0 aromatic heterocycles. The first-order valence-corrected chi connectivity index (χ1v) is 11.2. The molecule has 1 aliphatic heterocycles. The lowest BCUT2D eigenvalue weighted by Crippen LogP contribution is -2.40. The minimum atomic E-state index is -0.258. The monoisotopic (exact) mass is 432 g/mol. The van der Waals surface area contributed by atoms with E-state index < -0.39 is 0 Å². The number of hydrogen-bond acceptors (Lipinski definition) is 5. The lowest BCUT2D eigenvalue weighted by molar-refractivity contribution is -0.132. The van der Waals surface area contributed by atoms with Crippen molar-refractivity contribution < 1.29 is 18.7 Å². The highest BCUT2D eigenvalue weighted by molar-refractivity contribution is 7.99. The Morgan fingerprint density at radius 2 is 2.03 bits per heavy atom. The maximum absolute atomic E-state index is 13.6. The number of carbonyl (C=O) groups excluding carboxylic acids is 1. The third-order valence-electron chi connectivity index (χ3n) is 5.09. The fourth-order valence-electron chi connectivity index (χ4n) is 3.59. The number of methoxy groups -OCH3 is 2. The van der Waals surface area contributed by atoms with Gasteiger partial charge in [0.05, 0.1) is 13.7 Å². The minimum Gasteiger partial charge on any atom is -0.497 e. The highest BCUT2D eigenvalue weighted by Gasteiger charge is 2.31. The predicted molar refractivity (Wildman–Crippen MR) is 118 cm³/mol. The second kappa shape index (κ2) is 11.3. The fourth-order valence-corrected chi connectivity index (χ4v) is 4.87. The van der Waals surface area contributed by atoms with Crippen molar-refractivity contribution in [3.63, 3.8) is 0 Å². The van der Waals surface area contributed by atoms with Crippen LogP contribution < -0.4 is 4.74 Å². The van der Waals surface area contributed by atoms with Crippen molar-refractivity contribution >= 4 is 17.7 Å². The summed E-state index contributed by atoms with van der Waals surface area (Å²) in [6, 6.07) is 14.5. The molecule has 162 valence electrons. The van der Waals surface area contributed by atoms with E-state index in [1.807, 2.05) is 35.2 Å². The van der Waals surface area contributed by atoms with Crippen LogP contribution in [0.15, 0.2) is 48.5 Å².